The Morgan fingerprint density at radius 2 is 0.800 bits per heavy atom. The van der Waals surface area contributed by atoms with Crippen LogP contribution < -0.4 is 0 Å². The summed E-state index contributed by atoms with van der Waals surface area (Å²) < 4.78 is 4.60. The Labute approximate surface area is 345 Å². The lowest BCUT2D eigenvalue weighted by atomic mass is 10.1. The van der Waals surface area contributed by atoms with Crippen LogP contribution in [0.1, 0.15) is 0 Å². The number of hydrogen-bond acceptors (Lipinski definition) is 4. The van der Waals surface area contributed by atoms with Gasteiger partial charge >= 0.3 is 0 Å². The van der Waals surface area contributed by atoms with Crippen LogP contribution in [0.4, 0.5) is 0 Å². The van der Waals surface area contributed by atoms with Crippen LogP contribution in [-0.2, 0) is 0 Å². The zero-order valence-corrected chi connectivity index (χ0v) is 32.3. The fourth-order valence-electron chi connectivity index (χ4n) is 8.84. The van der Waals surface area contributed by atoms with E-state index in [0.29, 0.717) is 11.8 Å². The molecule has 12 rings (SSSR count). The van der Waals surface area contributed by atoms with Crippen molar-refractivity contribution in [3.8, 4) is 56.8 Å². The van der Waals surface area contributed by atoms with E-state index in [-0.39, 0.29) is 0 Å². The number of para-hydroxylation sites is 3. The Balaban J connectivity index is 1.05. The molecule has 4 aromatic heterocycles. The van der Waals surface area contributed by atoms with Crippen LogP contribution in [0.5, 0.6) is 0 Å². The van der Waals surface area contributed by atoms with E-state index in [1.807, 2.05) is 48.5 Å². The summed E-state index contributed by atoms with van der Waals surface area (Å²) in [5.74, 6) is 1.33. The molecule has 0 aliphatic rings. The molecule has 6 heteroatoms. The van der Waals surface area contributed by atoms with E-state index in [0.717, 1.165) is 83.4 Å². The highest BCUT2D eigenvalue weighted by Crippen LogP contribution is 2.42. The molecule has 0 amide bonds. The monoisotopic (exact) mass is 766 g/mol. The summed E-state index contributed by atoms with van der Waals surface area (Å²) in [5, 5.41) is 5.72. The first-order chi connectivity index (χ1) is 29.8. The van der Waals surface area contributed by atoms with Gasteiger partial charge in [0.25, 0.3) is 0 Å². The van der Waals surface area contributed by atoms with Crippen LogP contribution >= 0.6 is 0 Å². The molecular weight excluding hydrogens is 733 g/mol. The van der Waals surface area contributed by atoms with Crippen molar-refractivity contribution in [2.45, 2.75) is 0 Å². The van der Waals surface area contributed by atoms with Gasteiger partial charge in [-0.1, -0.05) is 146 Å². The average molecular weight is 767 g/mol. The lowest BCUT2D eigenvalue weighted by Crippen LogP contribution is -2.03. The zero-order valence-electron chi connectivity index (χ0n) is 32.3. The average Bonchev–Trinajstić information content (AvgIpc) is 3.85. The Bertz CT molecular complexity index is 3520. The van der Waals surface area contributed by atoms with Crippen LogP contribution in [0.3, 0.4) is 0 Å². The fraction of sp³-hybridized carbons (Fsp3) is 0. The molecule has 6 nitrogen and oxygen atoms in total. The molecule has 0 fully saturated rings. The number of rotatable bonds is 6. The van der Waals surface area contributed by atoms with Crippen LogP contribution in [0.25, 0.3) is 111 Å². The first kappa shape index (κ1) is 33.9. The number of benzene rings is 8. The molecule has 0 aliphatic carbocycles. The van der Waals surface area contributed by atoms with Crippen molar-refractivity contribution in [3.05, 3.63) is 206 Å². The largest absolute Gasteiger partial charge is 0.309 e. The molecule has 0 saturated heterocycles. The third kappa shape index (κ3) is 5.42. The first-order valence-corrected chi connectivity index (χ1v) is 20.2. The molecule has 280 valence electrons. The molecule has 0 atom stereocenters. The molecule has 0 spiro atoms. The Hall–Kier alpha value is -8.22. The quantitative estimate of drug-likeness (QED) is 0.169. The first-order valence-electron chi connectivity index (χ1n) is 20.2. The summed E-state index contributed by atoms with van der Waals surface area (Å²) in [6, 6.07) is 71.8. The SMILES string of the molecule is c1ccc(-c2cc(-c3ccccc3)nc(-c3ccc(-n4c5ccccc5c5c6c7ccccc7n(-c7nc(-c8ccccc8)c8ccccc8n7)c6ccc54)cc3)n2)cc1. The smallest absolute Gasteiger partial charge is 0.235 e. The van der Waals surface area contributed by atoms with E-state index in [1.165, 1.54) is 16.2 Å². The van der Waals surface area contributed by atoms with Gasteiger partial charge in [0.15, 0.2) is 5.82 Å². The van der Waals surface area contributed by atoms with Crippen molar-refractivity contribution in [3.63, 3.8) is 0 Å². The molecule has 0 bridgehead atoms. The minimum absolute atomic E-state index is 0.645. The molecule has 0 aliphatic heterocycles. The third-order valence-corrected chi connectivity index (χ3v) is 11.6. The standard InChI is InChI=1S/C54H34N6/c1-4-16-35(17-5-1)44-34-45(36-18-6-2-7-19-36)56-53(55-44)38-28-30-39(31-29-38)59-46-26-14-11-23-41(46)50-48(59)32-33-49-51(50)42-24-12-15-27-47(42)60(49)54-57-43-25-13-10-22-40(43)52(58-54)37-20-8-3-9-21-37/h1-34H. The molecule has 8 aromatic carbocycles. The van der Waals surface area contributed by atoms with Crippen molar-refractivity contribution in [2.24, 2.45) is 0 Å². The number of fused-ring (bicyclic) bond motifs is 8. The maximum absolute atomic E-state index is 5.32. The van der Waals surface area contributed by atoms with Gasteiger partial charge in [-0.2, -0.15) is 0 Å². The molecule has 0 unspecified atom stereocenters. The second kappa shape index (κ2) is 13.7. The number of nitrogens with zero attached hydrogens (tertiary/aromatic N) is 6. The van der Waals surface area contributed by atoms with Crippen LogP contribution in [0, 0.1) is 0 Å². The van der Waals surface area contributed by atoms with Crippen molar-refractivity contribution in [2.75, 3.05) is 0 Å². The van der Waals surface area contributed by atoms with Crippen molar-refractivity contribution in [1.29, 1.82) is 0 Å². The zero-order chi connectivity index (χ0) is 39.6. The molecule has 0 N–H and O–H groups in total. The van der Waals surface area contributed by atoms with Crippen molar-refractivity contribution in [1.82, 2.24) is 29.1 Å². The summed E-state index contributed by atoms with van der Waals surface area (Å²) in [7, 11) is 0. The Morgan fingerprint density at radius 1 is 0.317 bits per heavy atom. The lowest BCUT2D eigenvalue weighted by molar-refractivity contribution is 1.01. The van der Waals surface area contributed by atoms with Gasteiger partial charge in [-0.05, 0) is 60.7 Å². The van der Waals surface area contributed by atoms with Crippen LogP contribution in [0.2, 0.25) is 0 Å². The molecular formula is C54H34N6. The van der Waals surface area contributed by atoms with E-state index < -0.39 is 0 Å². The Morgan fingerprint density at radius 3 is 1.40 bits per heavy atom. The minimum atomic E-state index is 0.645. The normalized spacial score (nSPS) is 11.7. The predicted octanol–water partition coefficient (Wildman–Crippen LogP) is 13.3. The minimum Gasteiger partial charge on any atom is -0.309 e. The van der Waals surface area contributed by atoms with Gasteiger partial charge in [-0.25, -0.2) is 19.9 Å². The van der Waals surface area contributed by atoms with Gasteiger partial charge < -0.3 is 4.57 Å². The lowest BCUT2D eigenvalue weighted by Gasteiger charge is -2.12. The van der Waals surface area contributed by atoms with Gasteiger partial charge in [-0.3, -0.25) is 4.57 Å². The van der Waals surface area contributed by atoms with E-state index in [9.17, 15) is 0 Å². The van der Waals surface area contributed by atoms with Crippen LogP contribution in [-0.4, -0.2) is 29.1 Å². The summed E-state index contributed by atoms with van der Waals surface area (Å²) in [4.78, 5) is 20.7. The highest BCUT2D eigenvalue weighted by molar-refractivity contribution is 6.28. The van der Waals surface area contributed by atoms with Crippen molar-refractivity contribution >= 4 is 54.5 Å². The molecule has 12 aromatic rings. The third-order valence-electron chi connectivity index (χ3n) is 11.6. The topological polar surface area (TPSA) is 61.4 Å². The van der Waals surface area contributed by atoms with Crippen molar-refractivity contribution < 1.29 is 0 Å². The number of aromatic nitrogens is 6. The van der Waals surface area contributed by atoms with Gasteiger partial charge in [-0.15, -0.1) is 0 Å². The summed E-state index contributed by atoms with van der Waals surface area (Å²) >= 11 is 0. The second-order valence-electron chi connectivity index (χ2n) is 15.1. The second-order valence-corrected chi connectivity index (χ2v) is 15.1. The van der Waals surface area contributed by atoms with Gasteiger partial charge in [0.05, 0.1) is 44.7 Å². The predicted molar refractivity (Wildman–Crippen MR) is 246 cm³/mol. The molecule has 4 heterocycles. The van der Waals surface area contributed by atoms with E-state index >= 15 is 0 Å². The molecule has 0 radical (unpaired) electrons. The highest BCUT2D eigenvalue weighted by atomic mass is 15.2. The van der Waals surface area contributed by atoms with Crippen LogP contribution in [0.15, 0.2) is 206 Å². The summed E-state index contributed by atoms with van der Waals surface area (Å²) in [6.07, 6.45) is 0. The maximum Gasteiger partial charge on any atom is 0.235 e. The summed E-state index contributed by atoms with van der Waals surface area (Å²) in [5.41, 5.74) is 13.1. The highest BCUT2D eigenvalue weighted by Gasteiger charge is 2.22. The van der Waals surface area contributed by atoms with E-state index in [2.05, 4.69) is 167 Å². The van der Waals surface area contributed by atoms with E-state index in [4.69, 9.17) is 19.9 Å². The summed E-state index contributed by atoms with van der Waals surface area (Å²) in [6.45, 7) is 0. The maximum atomic E-state index is 5.32. The van der Waals surface area contributed by atoms with E-state index in [1.54, 1.807) is 0 Å². The number of hydrogen-bond donors (Lipinski definition) is 0. The molecule has 60 heavy (non-hydrogen) atoms. The van der Waals surface area contributed by atoms with Gasteiger partial charge in [0, 0.05) is 54.9 Å². The fourth-order valence-corrected chi connectivity index (χ4v) is 8.84. The van der Waals surface area contributed by atoms with Gasteiger partial charge in [0.1, 0.15) is 0 Å². The van der Waals surface area contributed by atoms with Gasteiger partial charge in [0.2, 0.25) is 5.95 Å². The molecule has 0 saturated carbocycles. The Kier molecular flexibility index (Phi) is 7.74.